The van der Waals surface area contributed by atoms with Crippen molar-refractivity contribution in [1.29, 1.82) is 0 Å². The van der Waals surface area contributed by atoms with Gasteiger partial charge in [0.2, 0.25) is 0 Å². The summed E-state index contributed by atoms with van der Waals surface area (Å²) in [6.07, 6.45) is 27.4. The second kappa shape index (κ2) is 20.7. The first-order valence-electron chi connectivity index (χ1n) is 12.7. The molecule has 0 aliphatic heterocycles. The van der Waals surface area contributed by atoms with Crippen molar-refractivity contribution in [1.82, 2.24) is 0 Å². The monoisotopic (exact) mass is 387 g/mol. The van der Waals surface area contributed by atoms with Crippen LogP contribution in [0.5, 0.6) is 0 Å². The van der Waals surface area contributed by atoms with E-state index < -0.39 is 0 Å². The van der Waals surface area contributed by atoms with Gasteiger partial charge in [-0.05, 0) is 18.6 Å². The number of para-hydroxylation sites is 1. The topological polar surface area (TPSA) is 12.0 Å². The molecule has 1 N–H and O–H groups in total. The van der Waals surface area contributed by atoms with E-state index in [-0.39, 0.29) is 0 Å². The molecular weight excluding hydrogens is 338 g/mol. The van der Waals surface area contributed by atoms with Crippen LogP contribution in [0.2, 0.25) is 0 Å². The zero-order valence-electron chi connectivity index (χ0n) is 19.0. The van der Waals surface area contributed by atoms with Gasteiger partial charge in [-0.1, -0.05) is 141 Å². The summed E-state index contributed by atoms with van der Waals surface area (Å²) in [5.41, 5.74) is 1.25. The predicted molar refractivity (Wildman–Crippen MR) is 128 cm³/mol. The Morgan fingerprint density at radius 2 is 0.821 bits per heavy atom. The molecule has 0 aliphatic carbocycles. The van der Waals surface area contributed by atoms with Gasteiger partial charge in [0.05, 0.1) is 0 Å². The maximum absolute atomic E-state index is 3.50. The Balaban J connectivity index is 1.67. The lowest BCUT2D eigenvalue weighted by Crippen LogP contribution is -2.00. The summed E-state index contributed by atoms with van der Waals surface area (Å²) in [4.78, 5) is 0. The third-order valence-electron chi connectivity index (χ3n) is 5.88. The highest BCUT2D eigenvalue weighted by molar-refractivity contribution is 5.42. The Morgan fingerprint density at radius 3 is 1.21 bits per heavy atom. The quantitative estimate of drug-likeness (QED) is 0.207. The van der Waals surface area contributed by atoms with Crippen LogP contribution in [0.25, 0.3) is 0 Å². The van der Waals surface area contributed by atoms with Crippen LogP contribution in [0, 0.1) is 0 Å². The summed E-state index contributed by atoms with van der Waals surface area (Å²) in [6.45, 7) is 3.41. The first kappa shape index (κ1) is 25.1. The Labute approximate surface area is 177 Å². The molecule has 28 heavy (non-hydrogen) atoms. The van der Waals surface area contributed by atoms with Crippen molar-refractivity contribution in [3.05, 3.63) is 30.3 Å². The second-order valence-electron chi connectivity index (χ2n) is 8.66. The minimum Gasteiger partial charge on any atom is -0.385 e. The lowest BCUT2D eigenvalue weighted by atomic mass is 10.0. The lowest BCUT2D eigenvalue weighted by Gasteiger charge is -2.06. The van der Waals surface area contributed by atoms with E-state index >= 15 is 0 Å². The Bertz CT molecular complexity index is 400. The van der Waals surface area contributed by atoms with Crippen LogP contribution in [0.15, 0.2) is 30.3 Å². The van der Waals surface area contributed by atoms with Gasteiger partial charge in [-0.2, -0.15) is 0 Å². The molecule has 0 atom stereocenters. The van der Waals surface area contributed by atoms with Gasteiger partial charge in [0.25, 0.3) is 0 Å². The zero-order valence-corrected chi connectivity index (χ0v) is 19.0. The van der Waals surface area contributed by atoms with Gasteiger partial charge in [0.15, 0.2) is 0 Å². The molecule has 0 aliphatic rings. The van der Waals surface area contributed by atoms with Crippen molar-refractivity contribution in [2.45, 2.75) is 129 Å². The van der Waals surface area contributed by atoms with Gasteiger partial charge >= 0.3 is 0 Å². The Hall–Kier alpha value is -0.980. The van der Waals surface area contributed by atoms with E-state index in [2.05, 4.69) is 42.6 Å². The van der Waals surface area contributed by atoms with Crippen molar-refractivity contribution >= 4 is 5.69 Å². The number of nitrogens with one attached hydrogen (secondary N) is 1. The normalized spacial score (nSPS) is 11.0. The number of rotatable bonds is 21. The van der Waals surface area contributed by atoms with Gasteiger partial charge in [-0.25, -0.2) is 0 Å². The minimum absolute atomic E-state index is 1.11. The minimum atomic E-state index is 1.11. The van der Waals surface area contributed by atoms with E-state index in [1.807, 2.05) is 0 Å². The molecule has 162 valence electrons. The third-order valence-corrected chi connectivity index (χ3v) is 5.88. The van der Waals surface area contributed by atoms with Crippen molar-refractivity contribution in [3.8, 4) is 0 Å². The van der Waals surface area contributed by atoms with E-state index in [1.165, 1.54) is 128 Å². The Morgan fingerprint density at radius 1 is 0.464 bits per heavy atom. The highest BCUT2D eigenvalue weighted by Crippen LogP contribution is 2.14. The van der Waals surface area contributed by atoms with Crippen LogP contribution >= 0.6 is 0 Å². The van der Waals surface area contributed by atoms with Crippen LogP contribution in [-0.4, -0.2) is 6.54 Å². The van der Waals surface area contributed by atoms with Crippen molar-refractivity contribution in [2.24, 2.45) is 0 Å². The van der Waals surface area contributed by atoms with E-state index in [0.717, 1.165) is 6.54 Å². The van der Waals surface area contributed by atoms with Crippen LogP contribution in [0.1, 0.15) is 129 Å². The molecule has 0 saturated carbocycles. The van der Waals surface area contributed by atoms with Crippen LogP contribution in [-0.2, 0) is 0 Å². The average molecular weight is 388 g/mol. The van der Waals surface area contributed by atoms with Crippen molar-refractivity contribution < 1.29 is 0 Å². The van der Waals surface area contributed by atoms with Crippen LogP contribution < -0.4 is 5.32 Å². The molecule has 0 heterocycles. The molecule has 1 nitrogen and oxygen atoms in total. The molecule has 1 aromatic carbocycles. The fourth-order valence-electron chi connectivity index (χ4n) is 3.99. The summed E-state index contributed by atoms with van der Waals surface area (Å²) in [5, 5.41) is 3.50. The lowest BCUT2D eigenvalue weighted by molar-refractivity contribution is 0.524. The van der Waals surface area contributed by atoms with Crippen molar-refractivity contribution in [3.63, 3.8) is 0 Å². The molecule has 1 aromatic rings. The molecule has 0 saturated heterocycles. The van der Waals surface area contributed by atoms with Gasteiger partial charge in [0.1, 0.15) is 0 Å². The number of hydrogen-bond acceptors (Lipinski definition) is 1. The van der Waals surface area contributed by atoms with E-state index in [9.17, 15) is 0 Å². The first-order valence-corrected chi connectivity index (χ1v) is 12.7. The van der Waals surface area contributed by atoms with Crippen molar-refractivity contribution in [2.75, 3.05) is 11.9 Å². The number of benzene rings is 1. The molecule has 0 spiro atoms. The molecule has 0 bridgehead atoms. The fourth-order valence-corrected chi connectivity index (χ4v) is 3.99. The maximum Gasteiger partial charge on any atom is 0.0340 e. The molecular formula is C27H49N. The third kappa shape index (κ3) is 17.1. The zero-order chi connectivity index (χ0) is 20.0. The summed E-state index contributed by atoms with van der Waals surface area (Å²) < 4.78 is 0. The summed E-state index contributed by atoms with van der Waals surface area (Å²) in [6, 6.07) is 10.6. The van der Waals surface area contributed by atoms with Crippen LogP contribution in [0.4, 0.5) is 5.69 Å². The molecule has 0 unspecified atom stereocenters. The highest BCUT2D eigenvalue weighted by Gasteiger charge is 1.95. The number of unbranched alkanes of at least 4 members (excludes halogenated alkanes) is 18. The molecule has 0 radical (unpaired) electrons. The number of hydrogen-bond donors (Lipinski definition) is 1. The van der Waals surface area contributed by atoms with Crippen LogP contribution in [0.3, 0.4) is 0 Å². The maximum atomic E-state index is 3.50. The fraction of sp³-hybridized carbons (Fsp3) is 0.778. The summed E-state index contributed by atoms with van der Waals surface area (Å²) >= 11 is 0. The van der Waals surface area contributed by atoms with E-state index in [0.29, 0.717) is 0 Å². The molecule has 0 amide bonds. The first-order chi connectivity index (χ1) is 13.9. The van der Waals surface area contributed by atoms with Gasteiger partial charge in [0, 0.05) is 12.2 Å². The van der Waals surface area contributed by atoms with Gasteiger partial charge in [-0.15, -0.1) is 0 Å². The summed E-state index contributed by atoms with van der Waals surface area (Å²) in [7, 11) is 0. The predicted octanol–water partition coefficient (Wildman–Crippen LogP) is 9.53. The van der Waals surface area contributed by atoms with E-state index in [4.69, 9.17) is 0 Å². The molecule has 1 heteroatoms. The SMILES string of the molecule is CCCCCCCCCCCCCCCCCCCCCNc1ccccc1. The second-order valence-corrected chi connectivity index (χ2v) is 8.66. The summed E-state index contributed by atoms with van der Waals surface area (Å²) in [5.74, 6) is 0. The standard InChI is InChI=1S/C27H49N/c1-2-3-4-5-6-7-8-9-10-11-12-13-14-15-16-17-18-19-23-26-28-27-24-21-20-22-25-27/h20-22,24-25,28H,2-19,23,26H2,1H3. The van der Waals surface area contributed by atoms with Gasteiger partial charge in [-0.3, -0.25) is 0 Å². The van der Waals surface area contributed by atoms with E-state index in [1.54, 1.807) is 0 Å². The Kier molecular flexibility index (Phi) is 18.6. The largest absolute Gasteiger partial charge is 0.385 e. The smallest absolute Gasteiger partial charge is 0.0340 e. The van der Waals surface area contributed by atoms with Gasteiger partial charge < -0.3 is 5.32 Å². The molecule has 1 rings (SSSR count). The number of anilines is 1. The highest BCUT2D eigenvalue weighted by atomic mass is 14.9. The molecule has 0 aromatic heterocycles. The molecule has 0 fully saturated rings. The average Bonchev–Trinajstić information content (AvgIpc) is 2.73.